The molecule has 0 atom stereocenters. The van der Waals surface area contributed by atoms with Gasteiger partial charge in [-0.05, 0) is 24.5 Å². The second-order valence-electron chi connectivity index (χ2n) is 4.61. The largest absolute Gasteiger partial charge is 0.384 e. The van der Waals surface area contributed by atoms with E-state index in [4.69, 9.17) is 5.11 Å². The highest BCUT2D eigenvalue weighted by atomic mass is 32.2. The molecule has 1 rings (SSSR count). The van der Waals surface area contributed by atoms with Gasteiger partial charge in [-0.25, -0.2) is 8.42 Å². The highest BCUT2D eigenvalue weighted by Gasteiger charge is 2.12. The molecule has 104 valence electrons. The maximum absolute atomic E-state index is 11.9. The predicted molar refractivity (Wildman–Crippen MR) is 77.3 cm³/mol. The molecule has 1 aromatic rings. The Bertz CT molecular complexity index is 568. The van der Waals surface area contributed by atoms with Crippen LogP contribution in [-0.4, -0.2) is 25.9 Å². The Kier molecular flexibility index (Phi) is 5.87. The van der Waals surface area contributed by atoms with Gasteiger partial charge < -0.3 is 5.11 Å². The van der Waals surface area contributed by atoms with E-state index in [-0.39, 0.29) is 12.4 Å². The summed E-state index contributed by atoms with van der Waals surface area (Å²) >= 11 is 0. The van der Waals surface area contributed by atoms with Gasteiger partial charge in [-0.1, -0.05) is 37.8 Å². The van der Waals surface area contributed by atoms with Crippen LogP contribution in [0.1, 0.15) is 25.8 Å². The Hall–Kier alpha value is -1.51. The molecule has 0 aliphatic carbocycles. The molecular weight excluding hydrogens is 262 g/mol. The number of benzene rings is 1. The van der Waals surface area contributed by atoms with Crippen molar-refractivity contribution < 1.29 is 13.5 Å². The zero-order valence-electron chi connectivity index (χ0n) is 11.2. The van der Waals surface area contributed by atoms with Crippen LogP contribution in [0.25, 0.3) is 0 Å². The van der Waals surface area contributed by atoms with Crippen molar-refractivity contribution in [1.82, 2.24) is 0 Å². The summed E-state index contributed by atoms with van der Waals surface area (Å²) in [4.78, 5) is 0. The molecule has 0 spiro atoms. The Morgan fingerprint density at radius 2 is 2.00 bits per heavy atom. The summed E-state index contributed by atoms with van der Waals surface area (Å²) in [7, 11) is -3.36. The van der Waals surface area contributed by atoms with E-state index in [9.17, 15) is 8.42 Å². The molecule has 0 aliphatic rings. The molecule has 0 fully saturated rings. The summed E-state index contributed by atoms with van der Waals surface area (Å²) in [5.74, 6) is 5.66. The molecular formula is C14H19NO3S. The lowest BCUT2D eigenvalue weighted by Gasteiger charge is -2.10. The smallest absolute Gasteiger partial charge is 0.232 e. The molecule has 2 N–H and O–H groups in total. The van der Waals surface area contributed by atoms with Gasteiger partial charge in [-0.2, -0.15) is 0 Å². The second kappa shape index (κ2) is 7.17. The van der Waals surface area contributed by atoms with Crippen molar-refractivity contribution >= 4 is 15.7 Å². The SMILES string of the molecule is CC(C)CCS(=O)(=O)Nc1ccccc1C#CCO. The first-order valence-electron chi connectivity index (χ1n) is 6.14. The minimum Gasteiger partial charge on any atom is -0.384 e. The number of hydrogen-bond acceptors (Lipinski definition) is 3. The van der Waals surface area contributed by atoms with Crippen molar-refractivity contribution in [3.63, 3.8) is 0 Å². The number of hydrogen-bond donors (Lipinski definition) is 2. The lowest BCUT2D eigenvalue weighted by Crippen LogP contribution is -2.18. The molecule has 0 saturated heterocycles. The van der Waals surface area contributed by atoms with Gasteiger partial charge >= 0.3 is 0 Å². The second-order valence-corrected chi connectivity index (χ2v) is 6.45. The minimum atomic E-state index is -3.36. The number of para-hydroxylation sites is 1. The number of rotatable bonds is 5. The molecule has 0 aromatic heterocycles. The molecule has 0 aliphatic heterocycles. The zero-order valence-corrected chi connectivity index (χ0v) is 12.0. The van der Waals surface area contributed by atoms with Crippen molar-refractivity contribution in [2.45, 2.75) is 20.3 Å². The first kappa shape index (κ1) is 15.5. The van der Waals surface area contributed by atoms with E-state index in [2.05, 4.69) is 16.6 Å². The van der Waals surface area contributed by atoms with E-state index in [1.54, 1.807) is 24.3 Å². The van der Waals surface area contributed by atoms with Gasteiger partial charge in [0.15, 0.2) is 0 Å². The number of aliphatic hydroxyl groups excluding tert-OH is 1. The van der Waals surface area contributed by atoms with Crippen LogP contribution in [0, 0.1) is 17.8 Å². The molecule has 0 bridgehead atoms. The Morgan fingerprint density at radius 3 is 2.63 bits per heavy atom. The van der Waals surface area contributed by atoms with Crippen LogP contribution in [0.2, 0.25) is 0 Å². The Morgan fingerprint density at radius 1 is 1.32 bits per heavy atom. The molecule has 0 heterocycles. The van der Waals surface area contributed by atoms with Crippen LogP contribution in [0.4, 0.5) is 5.69 Å². The van der Waals surface area contributed by atoms with E-state index in [1.165, 1.54) is 0 Å². The lowest BCUT2D eigenvalue weighted by atomic mass is 10.2. The van der Waals surface area contributed by atoms with Gasteiger partial charge in [0.2, 0.25) is 10.0 Å². The van der Waals surface area contributed by atoms with Crippen molar-refractivity contribution in [1.29, 1.82) is 0 Å². The molecule has 1 aromatic carbocycles. The molecule has 0 amide bonds. The number of aliphatic hydroxyl groups is 1. The monoisotopic (exact) mass is 281 g/mol. The topological polar surface area (TPSA) is 66.4 Å². The highest BCUT2D eigenvalue weighted by molar-refractivity contribution is 7.92. The molecule has 0 unspecified atom stereocenters. The van der Waals surface area contributed by atoms with Crippen LogP contribution in [0.3, 0.4) is 0 Å². The first-order valence-corrected chi connectivity index (χ1v) is 7.79. The van der Waals surface area contributed by atoms with Crippen molar-refractivity contribution in [3.05, 3.63) is 29.8 Å². The van der Waals surface area contributed by atoms with Crippen LogP contribution >= 0.6 is 0 Å². The Balaban J connectivity index is 2.87. The summed E-state index contributed by atoms with van der Waals surface area (Å²) < 4.78 is 26.4. The van der Waals surface area contributed by atoms with E-state index in [0.29, 0.717) is 23.6 Å². The first-order chi connectivity index (χ1) is 8.94. The van der Waals surface area contributed by atoms with Gasteiger partial charge in [-0.3, -0.25) is 4.72 Å². The standard InChI is InChI=1S/C14H19NO3S/c1-12(2)9-11-19(17,18)15-14-8-4-3-6-13(14)7-5-10-16/h3-4,6,8,12,15-16H,9-11H2,1-2H3. The minimum absolute atomic E-state index is 0.0897. The van der Waals surface area contributed by atoms with Gasteiger partial charge in [0.1, 0.15) is 6.61 Å². The van der Waals surface area contributed by atoms with Gasteiger partial charge in [-0.15, -0.1) is 0 Å². The van der Waals surface area contributed by atoms with E-state index in [0.717, 1.165) is 0 Å². The fraction of sp³-hybridized carbons (Fsp3) is 0.429. The third kappa shape index (κ3) is 5.77. The van der Waals surface area contributed by atoms with Gasteiger partial charge in [0.05, 0.1) is 11.4 Å². The molecule has 0 saturated carbocycles. The lowest BCUT2D eigenvalue weighted by molar-refractivity contribution is 0.350. The molecule has 19 heavy (non-hydrogen) atoms. The van der Waals surface area contributed by atoms with Crippen LogP contribution in [0.15, 0.2) is 24.3 Å². The number of anilines is 1. The average molecular weight is 281 g/mol. The maximum Gasteiger partial charge on any atom is 0.232 e. The van der Waals surface area contributed by atoms with Crippen LogP contribution < -0.4 is 4.72 Å². The highest BCUT2D eigenvalue weighted by Crippen LogP contribution is 2.16. The number of nitrogens with one attached hydrogen (secondary N) is 1. The van der Waals surface area contributed by atoms with E-state index >= 15 is 0 Å². The number of sulfonamides is 1. The summed E-state index contributed by atoms with van der Waals surface area (Å²) in [6, 6.07) is 6.88. The molecule has 5 heteroatoms. The van der Waals surface area contributed by atoms with Gasteiger partial charge in [0.25, 0.3) is 0 Å². The fourth-order valence-corrected chi connectivity index (χ4v) is 2.82. The normalized spacial score (nSPS) is 10.9. The van der Waals surface area contributed by atoms with Crippen molar-refractivity contribution in [2.24, 2.45) is 5.92 Å². The van der Waals surface area contributed by atoms with Crippen molar-refractivity contribution in [2.75, 3.05) is 17.1 Å². The Labute approximate surface area is 114 Å². The zero-order chi connectivity index (χ0) is 14.3. The predicted octanol–water partition coefficient (Wildman–Crippen LogP) is 1.82. The maximum atomic E-state index is 11.9. The third-order valence-electron chi connectivity index (χ3n) is 2.46. The summed E-state index contributed by atoms with van der Waals surface area (Å²) in [6.07, 6.45) is 0.611. The van der Waals surface area contributed by atoms with Gasteiger partial charge in [0, 0.05) is 5.56 Å². The quantitative estimate of drug-likeness (QED) is 0.809. The van der Waals surface area contributed by atoms with Crippen LogP contribution in [0.5, 0.6) is 0 Å². The van der Waals surface area contributed by atoms with Crippen molar-refractivity contribution in [3.8, 4) is 11.8 Å². The summed E-state index contributed by atoms with van der Waals surface area (Å²) in [5, 5.41) is 8.68. The molecule has 4 nitrogen and oxygen atoms in total. The average Bonchev–Trinajstić information content (AvgIpc) is 2.35. The molecule has 0 radical (unpaired) electrons. The van der Waals surface area contributed by atoms with E-state index < -0.39 is 10.0 Å². The van der Waals surface area contributed by atoms with E-state index in [1.807, 2.05) is 13.8 Å². The summed E-state index contributed by atoms with van der Waals surface area (Å²) in [6.45, 7) is 3.71. The van der Waals surface area contributed by atoms with Crippen LogP contribution in [-0.2, 0) is 10.0 Å². The fourth-order valence-electron chi connectivity index (χ4n) is 1.43. The third-order valence-corrected chi connectivity index (χ3v) is 3.76. The summed E-state index contributed by atoms with van der Waals surface area (Å²) in [5.41, 5.74) is 1.01.